The number of hydrogen-bond acceptors (Lipinski definition) is 5. The number of rotatable bonds is 4. The van der Waals surface area contributed by atoms with Crippen molar-refractivity contribution in [3.63, 3.8) is 0 Å². The number of methoxy groups -OCH3 is 4. The SMILES string of the molecule is COc1cc(OC)c(F)c(I)c1F.COc1cc(OC)c(F)c(N)c1F. The third-order valence-corrected chi connectivity index (χ3v) is 4.07. The Kier molecular flexibility index (Phi) is 8.06. The zero-order valence-corrected chi connectivity index (χ0v) is 16.4. The van der Waals surface area contributed by atoms with E-state index in [2.05, 4.69) is 9.47 Å². The first-order valence-corrected chi connectivity index (χ1v) is 7.92. The van der Waals surface area contributed by atoms with Crippen molar-refractivity contribution < 1.29 is 36.5 Å². The lowest BCUT2D eigenvalue weighted by atomic mass is 10.2. The van der Waals surface area contributed by atoms with Crippen LogP contribution in [-0.4, -0.2) is 28.4 Å². The number of nitrogens with two attached hydrogens (primary N) is 1. The Labute approximate surface area is 161 Å². The van der Waals surface area contributed by atoms with Gasteiger partial charge in [-0.3, -0.25) is 0 Å². The molecule has 0 amide bonds. The van der Waals surface area contributed by atoms with Gasteiger partial charge < -0.3 is 24.7 Å². The summed E-state index contributed by atoms with van der Waals surface area (Å²) < 4.78 is 70.9. The lowest BCUT2D eigenvalue weighted by Gasteiger charge is -2.08. The monoisotopic (exact) mass is 489 g/mol. The van der Waals surface area contributed by atoms with Gasteiger partial charge in [-0.05, 0) is 22.6 Å². The molecule has 0 atom stereocenters. The Morgan fingerprint density at radius 1 is 0.654 bits per heavy atom. The van der Waals surface area contributed by atoms with E-state index in [1.54, 1.807) is 22.6 Å². The molecule has 0 saturated carbocycles. The third-order valence-electron chi connectivity index (χ3n) is 3.13. The summed E-state index contributed by atoms with van der Waals surface area (Å²) in [5.74, 6) is -3.58. The first-order chi connectivity index (χ1) is 12.2. The molecule has 0 aliphatic heterocycles. The molecule has 0 spiro atoms. The van der Waals surface area contributed by atoms with Gasteiger partial charge >= 0.3 is 0 Å². The maximum absolute atomic E-state index is 13.2. The minimum Gasteiger partial charge on any atom is -0.493 e. The van der Waals surface area contributed by atoms with Gasteiger partial charge in [-0.15, -0.1) is 0 Å². The summed E-state index contributed by atoms with van der Waals surface area (Å²) >= 11 is 1.56. The molecule has 0 aliphatic carbocycles. The lowest BCUT2D eigenvalue weighted by molar-refractivity contribution is 0.355. The smallest absolute Gasteiger partial charge is 0.191 e. The summed E-state index contributed by atoms with van der Waals surface area (Å²) in [4.78, 5) is 0. The number of nitrogen functional groups attached to an aromatic ring is 1. The topological polar surface area (TPSA) is 62.9 Å². The van der Waals surface area contributed by atoms with Crippen LogP contribution in [0.2, 0.25) is 0 Å². The molecule has 5 nitrogen and oxygen atoms in total. The van der Waals surface area contributed by atoms with Gasteiger partial charge in [0.1, 0.15) is 5.69 Å². The average Bonchev–Trinajstić information content (AvgIpc) is 2.65. The summed E-state index contributed by atoms with van der Waals surface area (Å²) in [5, 5.41) is 0. The maximum Gasteiger partial charge on any atom is 0.191 e. The van der Waals surface area contributed by atoms with Gasteiger partial charge in [-0.2, -0.15) is 0 Å². The van der Waals surface area contributed by atoms with Gasteiger partial charge in [0, 0.05) is 12.1 Å². The van der Waals surface area contributed by atoms with Crippen LogP contribution >= 0.6 is 22.6 Å². The Morgan fingerprint density at radius 3 is 1.19 bits per heavy atom. The van der Waals surface area contributed by atoms with Crippen LogP contribution in [0.3, 0.4) is 0 Å². The summed E-state index contributed by atoms with van der Waals surface area (Å²) in [6, 6.07) is 2.27. The zero-order valence-electron chi connectivity index (χ0n) is 14.3. The predicted octanol–water partition coefficient (Wildman–Crippen LogP) is 4.15. The molecule has 10 heteroatoms. The van der Waals surface area contributed by atoms with Crippen LogP contribution in [0, 0.1) is 26.8 Å². The van der Waals surface area contributed by atoms with Crippen molar-refractivity contribution in [2.75, 3.05) is 34.2 Å². The summed E-state index contributed by atoms with van der Waals surface area (Å²) in [6.45, 7) is 0. The standard InChI is InChI=1S/C8H7F2IO2.C8H9F2NO2/c2*1-12-4-3-5(13-2)7(10)8(11)6(4)9/h3H,1-2H3;3H,11H2,1-2H3. The highest BCUT2D eigenvalue weighted by Crippen LogP contribution is 2.33. The van der Waals surface area contributed by atoms with E-state index in [4.69, 9.17) is 15.2 Å². The minimum absolute atomic E-state index is 0.0253. The lowest BCUT2D eigenvalue weighted by Crippen LogP contribution is -2.01. The van der Waals surface area contributed by atoms with Crippen molar-refractivity contribution in [2.45, 2.75) is 0 Å². The number of anilines is 1. The van der Waals surface area contributed by atoms with Crippen LogP contribution in [0.5, 0.6) is 23.0 Å². The molecule has 0 radical (unpaired) electrons. The van der Waals surface area contributed by atoms with E-state index in [1.165, 1.54) is 34.5 Å². The fraction of sp³-hybridized carbons (Fsp3) is 0.250. The molecule has 0 unspecified atom stereocenters. The van der Waals surface area contributed by atoms with Crippen molar-refractivity contribution in [1.29, 1.82) is 0 Å². The van der Waals surface area contributed by atoms with Crippen LogP contribution in [0.25, 0.3) is 0 Å². The van der Waals surface area contributed by atoms with Crippen LogP contribution in [0.1, 0.15) is 0 Å². The summed E-state index contributed by atoms with van der Waals surface area (Å²) in [7, 11) is 5.14. The van der Waals surface area contributed by atoms with Crippen LogP contribution in [0.15, 0.2) is 12.1 Å². The van der Waals surface area contributed by atoms with Crippen molar-refractivity contribution in [2.24, 2.45) is 0 Å². The highest BCUT2D eigenvalue weighted by molar-refractivity contribution is 14.1. The second-order valence-electron chi connectivity index (χ2n) is 4.55. The number of benzene rings is 2. The molecule has 144 valence electrons. The van der Waals surface area contributed by atoms with Crippen LogP contribution < -0.4 is 24.7 Å². The number of halogens is 5. The second kappa shape index (κ2) is 9.55. The first-order valence-electron chi connectivity index (χ1n) is 6.84. The van der Waals surface area contributed by atoms with Gasteiger partial charge in [0.25, 0.3) is 0 Å². The summed E-state index contributed by atoms with van der Waals surface area (Å²) in [6.07, 6.45) is 0. The molecule has 2 aromatic rings. The van der Waals surface area contributed by atoms with E-state index in [0.29, 0.717) is 0 Å². The van der Waals surface area contributed by atoms with Gasteiger partial charge in [0.05, 0.1) is 32.0 Å². The molecule has 2 N–H and O–H groups in total. The van der Waals surface area contributed by atoms with Crippen molar-refractivity contribution in [3.8, 4) is 23.0 Å². The Morgan fingerprint density at radius 2 is 0.923 bits per heavy atom. The van der Waals surface area contributed by atoms with Crippen molar-refractivity contribution >= 4 is 28.3 Å². The number of hydrogen-bond donors (Lipinski definition) is 1. The van der Waals surface area contributed by atoms with Crippen LogP contribution in [0.4, 0.5) is 23.2 Å². The van der Waals surface area contributed by atoms with Gasteiger partial charge in [-0.25, -0.2) is 17.6 Å². The predicted molar refractivity (Wildman–Crippen MR) is 96.1 cm³/mol. The van der Waals surface area contributed by atoms with Crippen molar-refractivity contribution in [3.05, 3.63) is 39.0 Å². The van der Waals surface area contributed by atoms with E-state index in [1.807, 2.05) is 0 Å². The zero-order chi connectivity index (χ0) is 20.0. The fourth-order valence-electron chi connectivity index (χ4n) is 1.76. The second-order valence-corrected chi connectivity index (χ2v) is 5.62. The highest BCUT2D eigenvalue weighted by atomic mass is 127. The first kappa shape index (κ1) is 21.9. The van der Waals surface area contributed by atoms with E-state index in [0.717, 1.165) is 6.07 Å². The molecular weight excluding hydrogens is 473 g/mol. The fourth-order valence-corrected chi connectivity index (χ4v) is 2.29. The largest absolute Gasteiger partial charge is 0.493 e. The normalized spacial score (nSPS) is 9.88. The molecular formula is C16H16F4INO4. The van der Waals surface area contributed by atoms with Gasteiger partial charge in [0.15, 0.2) is 46.3 Å². The average molecular weight is 489 g/mol. The molecule has 26 heavy (non-hydrogen) atoms. The van der Waals surface area contributed by atoms with E-state index >= 15 is 0 Å². The molecule has 0 bridgehead atoms. The maximum atomic E-state index is 13.2. The van der Waals surface area contributed by atoms with Crippen LogP contribution in [-0.2, 0) is 0 Å². The Bertz CT molecular complexity index is 668. The Hall–Kier alpha value is -2.11. The van der Waals surface area contributed by atoms with E-state index in [-0.39, 0.29) is 26.6 Å². The molecule has 0 aliphatic rings. The van der Waals surface area contributed by atoms with Gasteiger partial charge in [0.2, 0.25) is 0 Å². The van der Waals surface area contributed by atoms with E-state index in [9.17, 15) is 17.6 Å². The molecule has 0 aromatic heterocycles. The third kappa shape index (κ3) is 4.54. The number of ether oxygens (including phenoxy) is 4. The van der Waals surface area contributed by atoms with E-state index < -0.39 is 29.0 Å². The summed E-state index contributed by atoms with van der Waals surface area (Å²) in [5.41, 5.74) is 4.52. The molecule has 0 heterocycles. The molecule has 2 rings (SSSR count). The Balaban J connectivity index is 0.000000260. The molecule has 0 fully saturated rings. The minimum atomic E-state index is -0.916. The molecule has 0 saturated heterocycles. The van der Waals surface area contributed by atoms with Gasteiger partial charge in [-0.1, -0.05) is 0 Å². The van der Waals surface area contributed by atoms with Crippen molar-refractivity contribution in [1.82, 2.24) is 0 Å². The highest BCUT2D eigenvalue weighted by Gasteiger charge is 2.18. The quantitative estimate of drug-likeness (QED) is 0.303. The molecule has 2 aromatic carbocycles.